The van der Waals surface area contributed by atoms with Crippen LogP contribution in [0.2, 0.25) is 0 Å². The van der Waals surface area contributed by atoms with Crippen molar-refractivity contribution in [2.24, 2.45) is 4.99 Å². The predicted octanol–water partition coefficient (Wildman–Crippen LogP) is 4.94. The van der Waals surface area contributed by atoms with Crippen molar-refractivity contribution in [2.45, 2.75) is 12.5 Å². The maximum Gasteiger partial charge on any atom is 0.260 e. The van der Waals surface area contributed by atoms with Gasteiger partial charge in [0.25, 0.3) is 5.91 Å². The van der Waals surface area contributed by atoms with E-state index in [0.29, 0.717) is 33.0 Å². The van der Waals surface area contributed by atoms with Gasteiger partial charge in [0.05, 0.1) is 27.0 Å². The number of aliphatic imine (C=N–C) groups is 1. The zero-order chi connectivity index (χ0) is 21.3. The minimum absolute atomic E-state index is 0.204. The Bertz CT molecular complexity index is 1370. The highest BCUT2D eigenvalue weighted by molar-refractivity contribution is 6.46. The largest absolute Gasteiger partial charge is 0.323 e. The summed E-state index contributed by atoms with van der Waals surface area (Å²) in [6, 6.07) is 17.3. The maximum absolute atomic E-state index is 13.8. The molecule has 3 aromatic rings. The standard InChI is InChI=1S/C23H15Cl2N5O/c1-13-19-21(30(28-13)15-7-3-2-4-8-15)27-20-17(25)11-14(24)12-29(20)23(19)16-9-5-6-10-18(16)26-22(23)31/h2-12H,1H3,(H,26,31)/t23-/m0/s1. The summed E-state index contributed by atoms with van der Waals surface area (Å²) in [5.41, 5.74) is 2.56. The number of halogens is 2. The van der Waals surface area contributed by atoms with Gasteiger partial charge in [-0.3, -0.25) is 4.79 Å². The number of benzene rings is 2. The van der Waals surface area contributed by atoms with Crippen LogP contribution in [0.1, 0.15) is 16.8 Å². The van der Waals surface area contributed by atoms with Crippen LogP contribution in [0, 0.1) is 6.92 Å². The van der Waals surface area contributed by atoms with E-state index in [9.17, 15) is 4.79 Å². The van der Waals surface area contributed by atoms with Gasteiger partial charge in [-0.25, -0.2) is 9.67 Å². The van der Waals surface area contributed by atoms with Crippen molar-refractivity contribution in [1.82, 2.24) is 14.7 Å². The number of nitrogens with zero attached hydrogens (tertiary/aromatic N) is 4. The van der Waals surface area contributed by atoms with Crippen molar-refractivity contribution in [3.63, 3.8) is 0 Å². The third-order valence-electron chi connectivity index (χ3n) is 5.82. The number of nitrogens with one attached hydrogen (secondary N) is 1. The van der Waals surface area contributed by atoms with Crippen LogP contribution in [-0.4, -0.2) is 26.4 Å². The maximum atomic E-state index is 13.8. The second-order valence-electron chi connectivity index (χ2n) is 7.55. The number of hydrogen-bond donors (Lipinski definition) is 1. The molecule has 1 aromatic heterocycles. The van der Waals surface area contributed by atoms with Crippen LogP contribution in [0.15, 0.2) is 81.9 Å². The molecule has 0 saturated carbocycles. The smallest absolute Gasteiger partial charge is 0.260 e. The van der Waals surface area contributed by atoms with Crippen molar-refractivity contribution < 1.29 is 4.79 Å². The zero-order valence-electron chi connectivity index (χ0n) is 16.3. The van der Waals surface area contributed by atoms with E-state index in [1.165, 1.54) is 0 Å². The van der Waals surface area contributed by atoms with Gasteiger partial charge in [-0.05, 0) is 31.2 Å². The number of fused-ring (bicyclic) bond motifs is 6. The average Bonchev–Trinajstić information content (AvgIpc) is 3.25. The summed E-state index contributed by atoms with van der Waals surface area (Å²) in [6.45, 7) is 1.89. The molecule has 4 heterocycles. The minimum atomic E-state index is -1.23. The molecule has 1 atom stereocenters. The summed E-state index contributed by atoms with van der Waals surface area (Å²) in [7, 11) is 0. The van der Waals surface area contributed by atoms with Crippen LogP contribution in [0.25, 0.3) is 5.69 Å². The summed E-state index contributed by atoms with van der Waals surface area (Å²) in [4.78, 5) is 20.4. The van der Waals surface area contributed by atoms with Crippen molar-refractivity contribution >= 4 is 46.4 Å². The van der Waals surface area contributed by atoms with Crippen molar-refractivity contribution in [3.05, 3.63) is 93.8 Å². The molecule has 1 spiro atoms. The number of para-hydroxylation sites is 2. The highest BCUT2D eigenvalue weighted by Gasteiger charge is 2.59. The Hall–Kier alpha value is -3.35. The van der Waals surface area contributed by atoms with E-state index in [1.807, 2.05) is 61.5 Å². The van der Waals surface area contributed by atoms with Gasteiger partial charge >= 0.3 is 0 Å². The molecule has 2 aromatic carbocycles. The molecule has 0 unspecified atom stereocenters. The molecule has 8 heteroatoms. The van der Waals surface area contributed by atoms with Crippen molar-refractivity contribution in [2.75, 3.05) is 5.32 Å². The zero-order valence-corrected chi connectivity index (χ0v) is 17.8. The number of hydrogen-bond acceptors (Lipinski definition) is 4. The molecule has 1 N–H and O–H groups in total. The summed E-state index contributed by atoms with van der Waals surface area (Å²) in [5.74, 6) is 0.812. The number of amides is 1. The van der Waals surface area contributed by atoms with Crippen LogP contribution >= 0.6 is 23.2 Å². The normalized spacial score (nSPS) is 21.1. The van der Waals surface area contributed by atoms with Gasteiger partial charge < -0.3 is 10.2 Å². The topological polar surface area (TPSA) is 62.5 Å². The second-order valence-corrected chi connectivity index (χ2v) is 8.40. The molecule has 152 valence electrons. The van der Waals surface area contributed by atoms with Gasteiger partial charge in [-0.1, -0.05) is 59.6 Å². The first kappa shape index (κ1) is 18.4. The number of carbonyl (C=O) groups excluding carboxylic acids is 1. The van der Waals surface area contributed by atoms with Crippen LogP contribution < -0.4 is 5.32 Å². The fourth-order valence-corrected chi connectivity index (χ4v) is 5.14. The van der Waals surface area contributed by atoms with Gasteiger partial charge in [0, 0.05) is 17.5 Å². The lowest BCUT2D eigenvalue weighted by Crippen LogP contribution is -2.54. The Labute approximate surface area is 188 Å². The van der Waals surface area contributed by atoms with E-state index >= 15 is 0 Å². The number of aromatic nitrogens is 2. The molecule has 6 nitrogen and oxygen atoms in total. The molecule has 6 rings (SSSR count). The quantitative estimate of drug-likeness (QED) is 0.574. The van der Waals surface area contributed by atoms with Gasteiger partial charge in [-0.15, -0.1) is 0 Å². The third kappa shape index (κ3) is 2.31. The van der Waals surface area contributed by atoms with Crippen LogP contribution in [0.4, 0.5) is 11.5 Å². The number of amidine groups is 1. The van der Waals surface area contributed by atoms with E-state index < -0.39 is 5.54 Å². The Morgan fingerprint density at radius 2 is 1.77 bits per heavy atom. The molecule has 0 fully saturated rings. The van der Waals surface area contributed by atoms with Gasteiger partial charge in [0.1, 0.15) is 0 Å². The molecule has 1 amide bonds. The molecule has 0 radical (unpaired) electrons. The van der Waals surface area contributed by atoms with Gasteiger partial charge in [-0.2, -0.15) is 5.10 Å². The third-order valence-corrected chi connectivity index (χ3v) is 6.31. The van der Waals surface area contributed by atoms with Gasteiger partial charge in [0.15, 0.2) is 17.2 Å². The lowest BCUT2D eigenvalue weighted by atomic mass is 9.80. The SMILES string of the molecule is Cc1nn(-c2ccccc2)c2c1[C@@]1(C(=O)Nc3ccccc31)N1C=C(Cl)C=C(Cl)C1=N2. The number of carbonyl (C=O) groups is 1. The second kappa shape index (κ2) is 6.33. The fraction of sp³-hybridized carbons (Fsp3) is 0.0870. The Balaban J connectivity index is 1.75. The number of aryl methyl sites for hydroxylation is 1. The predicted molar refractivity (Wildman–Crippen MR) is 121 cm³/mol. The molecule has 31 heavy (non-hydrogen) atoms. The van der Waals surface area contributed by atoms with Crippen molar-refractivity contribution in [3.8, 4) is 5.69 Å². The van der Waals surface area contributed by atoms with Gasteiger partial charge in [0.2, 0.25) is 0 Å². The Morgan fingerprint density at radius 1 is 1.03 bits per heavy atom. The number of allylic oxidation sites excluding steroid dienone is 2. The first-order valence-electron chi connectivity index (χ1n) is 9.71. The average molecular weight is 448 g/mol. The summed E-state index contributed by atoms with van der Waals surface area (Å²) in [5, 5.41) is 8.58. The van der Waals surface area contributed by atoms with Crippen LogP contribution in [-0.2, 0) is 10.3 Å². The van der Waals surface area contributed by atoms with Crippen molar-refractivity contribution in [1.29, 1.82) is 0 Å². The Morgan fingerprint density at radius 3 is 2.58 bits per heavy atom. The molecular weight excluding hydrogens is 433 g/mol. The number of anilines is 1. The van der Waals surface area contributed by atoms with Crippen LogP contribution in [0.3, 0.4) is 0 Å². The molecule has 0 aliphatic carbocycles. The van der Waals surface area contributed by atoms with E-state index in [4.69, 9.17) is 33.3 Å². The van der Waals surface area contributed by atoms with E-state index in [0.717, 1.165) is 16.9 Å². The first-order valence-corrected chi connectivity index (χ1v) is 10.5. The molecule has 0 saturated heterocycles. The molecule has 3 aliphatic heterocycles. The van der Waals surface area contributed by atoms with Crippen LogP contribution in [0.5, 0.6) is 0 Å². The van der Waals surface area contributed by atoms with E-state index in [1.54, 1.807) is 21.9 Å². The monoisotopic (exact) mass is 447 g/mol. The summed E-state index contributed by atoms with van der Waals surface area (Å²) in [6.07, 6.45) is 3.34. The highest BCUT2D eigenvalue weighted by Crippen LogP contribution is 2.54. The first-order chi connectivity index (χ1) is 15.0. The fourth-order valence-electron chi connectivity index (χ4n) is 4.63. The van der Waals surface area contributed by atoms with E-state index in [-0.39, 0.29) is 5.91 Å². The lowest BCUT2D eigenvalue weighted by Gasteiger charge is -2.43. The number of rotatable bonds is 1. The summed E-state index contributed by atoms with van der Waals surface area (Å²) < 4.78 is 1.76. The molecule has 3 aliphatic rings. The highest BCUT2D eigenvalue weighted by atomic mass is 35.5. The Kier molecular flexibility index (Phi) is 3.76. The molecule has 0 bridgehead atoms. The lowest BCUT2D eigenvalue weighted by molar-refractivity contribution is -0.122. The van der Waals surface area contributed by atoms with E-state index in [2.05, 4.69) is 5.32 Å². The summed E-state index contributed by atoms with van der Waals surface area (Å²) >= 11 is 13.0. The molecular formula is C23H15Cl2N5O. The minimum Gasteiger partial charge on any atom is -0.323 e.